The Hall–Kier alpha value is -0.960. The van der Waals surface area contributed by atoms with Gasteiger partial charge in [0.1, 0.15) is 5.82 Å². The Morgan fingerprint density at radius 3 is 3.00 bits per heavy atom. The molecule has 0 aliphatic carbocycles. The van der Waals surface area contributed by atoms with Gasteiger partial charge in [-0.05, 0) is 13.0 Å². The van der Waals surface area contributed by atoms with Crippen LogP contribution in [0.2, 0.25) is 0 Å². The minimum absolute atomic E-state index is 0.149. The first kappa shape index (κ1) is 7.15. The zero-order valence-electron chi connectivity index (χ0n) is 5.91. The van der Waals surface area contributed by atoms with Gasteiger partial charge in [-0.25, -0.2) is 9.97 Å². The van der Waals surface area contributed by atoms with Crippen molar-refractivity contribution in [3.63, 3.8) is 0 Å². The van der Waals surface area contributed by atoms with Crippen molar-refractivity contribution < 1.29 is 5.11 Å². The van der Waals surface area contributed by atoms with Crippen molar-refractivity contribution in [2.45, 2.75) is 13.3 Å². The molecule has 0 spiro atoms. The van der Waals surface area contributed by atoms with Crippen LogP contribution < -0.4 is 0 Å². The van der Waals surface area contributed by atoms with Crippen LogP contribution >= 0.6 is 0 Å². The molecule has 54 valence electrons. The monoisotopic (exact) mass is 138 g/mol. The molecule has 3 heteroatoms. The summed E-state index contributed by atoms with van der Waals surface area (Å²) in [6, 6.07) is 1.81. The van der Waals surface area contributed by atoms with Gasteiger partial charge in [0, 0.05) is 24.9 Å². The van der Waals surface area contributed by atoms with E-state index in [0.29, 0.717) is 6.42 Å². The van der Waals surface area contributed by atoms with Crippen LogP contribution in [-0.4, -0.2) is 21.7 Å². The molecule has 1 heterocycles. The van der Waals surface area contributed by atoms with Gasteiger partial charge in [-0.2, -0.15) is 0 Å². The standard InChI is InChI=1S/C7H10N2O/c1-6-8-4-2-7(9-6)3-5-10/h2,4,10H,3,5H2,1H3. The molecule has 1 aromatic heterocycles. The van der Waals surface area contributed by atoms with Gasteiger partial charge in [0.25, 0.3) is 0 Å². The highest BCUT2D eigenvalue weighted by Crippen LogP contribution is 1.94. The quantitative estimate of drug-likeness (QED) is 0.640. The van der Waals surface area contributed by atoms with Gasteiger partial charge in [0.15, 0.2) is 0 Å². The number of aliphatic hydroxyl groups is 1. The molecular formula is C7H10N2O. The first-order chi connectivity index (χ1) is 4.83. The third kappa shape index (κ3) is 1.77. The van der Waals surface area contributed by atoms with Crippen molar-refractivity contribution in [2.24, 2.45) is 0 Å². The molecule has 0 unspecified atom stereocenters. The second kappa shape index (κ2) is 3.27. The highest BCUT2D eigenvalue weighted by molar-refractivity contribution is 5.01. The van der Waals surface area contributed by atoms with Crippen LogP contribution in [0.15, 0.2) is 12.3 Å². The molecule has 0 atom stereocenters. The van der Waals surface area contributed by atoms with E-state index >= 15 is 0 Å². The Labute approximate surface area is 59.8 Å². The number of hydrogen-bond acceptors (Lipinski definition) is 3. The highest BCUT2D eigenvalue weighted by atomic mass is 16.3. The maximum absolute atomic E-state index is 8.55. The van der Waals surface area contributed by atoms with Crippen molar-refractivity contribution in [3.05, 3.63) is 23.8 Å². The van der Waals surface area contributed by atoms with Crippen LogP contribution in [0.5, 0.6) is 0 Å². The molecule has 10 heavy (non-hydrogen) atoms. The summed E-state index contributed by atoms with van der Waals surface area (Å²) in [5.41, 5.74) is 0.898. The highest BCUT2D eigenvalue weighted by Gasteiger charge is 1.92. The molecule has 1 rings (SSSR count). The van der Waals surface area contributed by atoms with Gasteiger partial charge in [0.2, 0.25) is 0 Å². The van der Waals surface area contributed by atoms with E-state index in [2.05, 4.69) is 9.97 Å². The maximum Gasteiger partial charge on any atom is 0.125 e. The largest absolute Gasteiger partial charge is 0.396 e. The molecule has 0 radical (unpaired) electrons. The van der Waals surface area contributed by atoms with Crippen LogP contribution in [-0.2, 0) is 6.42 Å². The molecule has 1 N–H and O–H groups in total. The Bertz CT molecular complexity index is 213. The van der Waals surface area contributed by atoms with Crippen molar-refractivity contribution in [3.8, 4) is 0 Å². The van der Waals surface area contributed by atoms with Crippen molar-refractivity contribution in [2.75, 3.05) is 6.61 Å². The van der Waals surface area contributed by atoms with E-state index in [1.807, 2.05) is 13.0 Å². The lowest BCUT2D eigenvalue weighted by Gasteiger charge is -1.95. The van der Waals surface area contributed by atoms with Crippen LogP contribution in [0.4, 0.5) is 0 Å². The van der Waals surface area contributed by atoms with E-state index < -0.39 is 0 Å². The van der Waals surface area contributed by atoms with Crippen molar-refractivity contribution in [1.82, 2.24) is 9.97 Å². The topological polar surface area (TPSA) is 46.0 Å². The first-order valence-corrected chi connectivity index (χ1v) is 3.22. The maximum atomic E-state index is 8.55. The smallest absolute Gasteiger partial charge is 0.125 e. The Morgan fingerprint density at radius 1 is 1.60 bits per heavy atom. The fourth-order valence-corrected chi connectivity index (χ4v) is 0.759. The van der Waals surface area contributed by atoms with Crippen LogP contribution in [0.1, 0.15) is 11.5 Å². The van der Waals surface area contributed by atoms with E-state index in [1.54, 1.807) is 6.20 Å². The molecule has 0 saturated carbocycles. The Morgan fingerprint density at radius 2 is 2.40 bits per heavy atom. The predicted octanol–water partition coefficient (Wildman–Crippen LogP) is 0.320. The molecule has 0 bridgehead atoms. The molecule has 0 saturated heterocycles. The number of aromatic nitrogens is 2. The van der Waals surface area contributed by atoms with Gasteiger partial charge >= 0.3 is 0 Å². The summed E-state index contributed by atoms with van der Waals surface area (Å²) < 4.78 is 0. The van der Waals surface area contributed by atoms with Crippen molar-refractivity contribution in [1.29, 1.82) is 0 Å². The summed E-state index contributed by atoms with van der Waals surface area (Å²) in [6.45, 7) is 1.98. The molecular weight excluding hydrogens is 128 g/mol. The SMILES string of the molecule is Cc1nccc(CCO)n1. The number of nitrogens with zero attached hydrogens (tertiary/aromatic N) is 2. The minimum Gasteiger partial charge on any atom is -0.396 e. The number of hydrogen-bond donors (Lipinski definition) is 1. The number of aryl methyl sites for hydroxylation is 1. The van der Waals surface area contributed by atoms with Gasteiger partial charge in [0.05, 0.1) is 0 Å². The van der Waals surface area contributed by atoms with E-state index in [0.717, 1.165) is 11.5 Å². The number of rotatable bonds is 2. The summed E-state index contributed by atoms with van der Waals surface area (Å²) in [4.78, 5) is 8.02. The summed E-state index contributed by atoms with van der Waals surface area (Å²) in [5, 5.41) is 8.55. The van der Waals surface area contributed by atoms with Crippen LogP contribution in [0.25, 0.3) is 0 Å². The molecule has 0 aliphatic rings. The third-order valence-corrected chi connectivity index (χ3v) is 1.20. The summed E-state index contributed by atoms with van der Waals surface area (Å²) in [7, 11) is 0. The van der Waals surface area contributed by atoms with Gasteiger partial charge in [-0.3, -0.25) is 0 Å². The van der Waals surface area contributed by atoms with E-state index in [-0.39, 0.29) is 6.61 Å². The lowest BCUT2D eigenvalue weighted by molar-refractivity contribution is 0.298. The zero-order valence-corrected chi connectivity index (χ0v) is 5.91. The van der Waals surface area contributed by atoms with Gasteiger partial charge in [-0.1, -0.05) is 0 Å². The lowest BCUT2D eigenvalue weighted by atomic mass is 10.3. The second-order valence-corrected chi connectivity index (χ2v) is 2.07. The van der Waals surface area contributed by atoms with Gasteiger partial charge < -0.3 is 5.11 Å². The molecule has 3 nitrogen and oxygen atoms in total. The molecule has 0 aliphatic heterocycles. The summed E-state index contributed by atoms with van der Waals surface area (Å²) in [5.74, 6) is 0.756. The fourth-order valence-electron chi connectivity index (χ4n) is 0.759. The zero-order chi connectivity index (χ0) is 7.40. The van der Waals surface area contributed by atoms with Gasteiger partial charge in [-0.15, -0.1) is 0 Å². The molecule has 0 aromatic carbocycles. The first-order valence-electron chi connectivity index (χ1n) is 3.22. The Balaban J connectivity index is 2.75. The lowest BCUT2D eigenvalue weighted by Crippen LogP contribution is -1.96. The molecule has 0 fully saturated rings. The van der Waals surface area contributed by atoms with Crippen LogP contribution in [0, 0.1) is 6.92 Å². The number of aliphatic hydroxyl groups excluding tert-OH is 1. The van der Waals surface area contributed by atoms with Crippen molar-refractivity contribution >= 4 is 0 Å². The van der Waals surface area contributed by atoms with Crippen LogP contribution in [0.3, 0.4) is 0 Å². The third-order valence-electron chi connectivity index (χ3n) is 1.20. The molecule has 0 amide bonds. The summed E-state index contributed by atoms with van der Waals surface area (Å²) in [6.07, 6.45) is 2.32. The second-order valence-electron chi connectivity index (χ2n) is 2.07. The predicted molar refractivity (Wildman–Crippen MR) is 37.6 cm³/mol. The fraction of sp³-hybridized carbons (Fsp3) is 0.429. The normalized spacial score (nSPS) is 9.80. The average molecular weight is 138 g/mol. The minimum atomic E-state index is 0.149. The van der Waals surface area contributed by atoms with E-state index in [1.165, 1.54) is 0 Å². The average Bonchev–Trinajstić information content (AvgIpc) is 1.88. The Kier molecular flexibility index (Phi) is 2.34. The van der Waals surface area contributed by atoms with E-state index in [4.69, 9.17) is 5.11 Å². The summed E-state index contributed by atoms with van der Waals surface area (Å²) >= 11 is 0. The molecule has 1 aromatic rings. The van der Waals surface area contributed by atoms with E-state index in [9.17, 15) is 0 Å².